The molecular formula is C14H25N3O2S. The molecule has 1 aromatic rings. The minimum atomic E-state index is -3.44. The zero-order chi connectivity index (χ0) is 15.2. The molecule has 1 heterocycles. The van der Waals surface area contributed by atoms with Crippen molar-refractivity contribution in [1.82, 2.24) is 14.6 Å². The van der Waals surface area contributed by atoms with Gasteiger partial charge < -0.3 is 10.3 Å². The van der Waals surface area contributed by atoms with Gasteiger partial charge in [0, 0.05) is 37.6 Å². The summed E-state index contributed by atoms with van der Waals surface area (Å²) < 4.78 is 26.5. The van der Waals surface area contributed by atoms with E-state index < -0.39 is 10.0 Å². The van der Waals surface area contributed by atoms with Gasteiger partial charge in [0.2, 0.25) is 10.0 Å². The van der Waals surface area contributed by atoms with Gasteiger partial charge >= 0.3 is 0 Å². The molecule has 0 spiro atoms. The first kappa shape index (κ1) is 16.9. The minimum absolute atomic E-state index is 0.313. The molecular weight excluding hydrogens is 274 g/mol. The smallest absolute Gasteiger partial charge is 0.244 e. The lowest BCUT2D eigenvalue weighted by Gasteiger charge is -2.18. The minimum Gasteiger partial charge on any atom is -0.363 e. The molecule has 0 aliphatic rings. The summed E-state index contributed by atoms with van der Waals surface area (Å²) in [7, 11) is -3.44. The van der Waals surface area contributed by atoms with Crippen molar-refractivity contribution in [2.45, 2.75) is 44.7 Å². The molecule has 114 valence electrons. The molecule has 20 heavy (non-hydrogen) atoms. The first-order valence-electron chi connectivity index (χ1n) is 6.93. The van der Waals surface area contributed by atoms with E-state index in [2.05, 4.69) is 16.9 Å². The van der Waals surface area contributed by atoms with E-state index in [9.17, 15) is 8.42 Å². The summed E-state index contributed by atoms with van der Waals surface area (Å²) in [6.07, 6.45) is 3.94. The Labute approximate surface area is 122 Å². The summed E-state index contributed by atoms with van der Waals surface area (Å²) >= 11 is 0. The molecule has 5 nitrogen and oxygen atoms in total. The molecule has 6 heteroatoms. The predicted molar refractivity (Wildman–Crippen MR) is 82.0 cm³/mol. The lowest BCUT2D eigenvalue weighted by atomic mass is 10.3. The number of hydrogen-bond donors (Lipinski definition) is 2. The fourth-order valence-electron chi connectivity index (χ4n) is 1.84. The standard InChI is InChI=1S/C14H25N3O2S/c1-5-7-17(8-6-2)20(18,19)14-9-13(16-11-14)10-15-12(3)4/h5,9,11-12,15-16H,1,6-8,10H2,2-4H3. The maximum atomic E-state index is 12.5. The normalized spacial score (nSPS) is 12.2. The number of nitrogens with zero attached hydrogens (tertiary/aromatic N) is 1. The topological polar surface area (TPSA) is 65.2 Å². The van der Waals surface area contributed by atoms with Crippen LogP contribution in [-0.4, -0.2) is 36.8 Å². The van der Waals surface area contributed by atoms with E-state index in [-0.39, 0.29) is 0 Å². The van der Waals surface area contributed by atoms with E-state index in [1.165, 1.54) is 4.31 Å². The fourth-order valence-corrected chi connectivity index (χ4v) is 3.36. The molecule has 0 radical (unpaired) electrons. The molecule has 0 aliphatic carbocycles. The van der Waals surface area contributed by atoms with Gasteiger partial charge in [-0.25, -0.2) is 8.42 Å². The lowest BCUT2D eigenvalue weighted by Crippen LogP contribution is -2.31. The molecule has 0 saturated heterocycles. The van der Waals surface area contributed by atoms with E-state index in [0.29, 0.717) is 30.6 Å². The third kappa shape index (κ3) is 4.47. The Morgan fingerprint density at radius 1 is 1.50 bits per heavy atom. The monoisotopic (exact) mass is 299 g/mol. The molecule has 0 saturated carbocycles. The second kappa shape index (κ2) is 7.61. The van der Waals surface area contributed by atoms with E-state index in [1.54, 1.807) is 18.3 Å². The van der Waals surface area contributed by atoms with E-state index in [0.717, 1.165) is 12.1 Å². The molecule has 0 unspecified atom stereocenters. The second-order valence-electron chi connectivity index (χ2n) is 5.05. The predicted octanol–water partition coefficient (Wildman–Crippen LogP) is 2.10. The summed E-state index contributed by atoms with van der Waals surface area (Å²) in [4.78, 5) is 3.33. The Morgan fingerprint density at radius 2 is 2.20 bits per heavy atom. The number of hydrogen-bond acceptors (Lipinski definition) is 3. The summed E-state index contributed by atoms with van der Waals surface area (Å²) in [6, 6.07) is 2.05. The van der Waals surface area contributed by atoms with Gasteiger partial charge in [-0.05, 0) is 12.5 Å². The van der Waals surface area contributed by atoms with Crippen molar-refractivity contribution in [2.75, 3.05) is 13.1 Å². The van der Waals surface area contributed by atoms with E-state index in [4.69, 9.17) is 0 Å². The quantitative estimate of drug-likeness (QED) is 0.686. The number of aromatic amines is 1. The van der Waals surface area contributed by atoms with Gasteiger partial charge in [-0.1, -0.05) is 26.8 Å². The Morgan fingerprint density at radius 3 is 2.75 bits per heavy atom. The van der Waals surface area contributed by atoms with Crippen LogP contribution in [0.3, 0.4) is 0 Å². The zero-order valence-electron chi connectivity index (χ0n) is 12.5. The van der Waals surface area contributed by atoms with Crippen LogP contribution >= 0.6 is 0 Å². The van der Waals surface area contributed by atoms with Crippen LogP contribution in [0.5, 0.6) is 0 Å². The summed E-state index contributed by atoms with van der Waals surface area (Å²) in [5.41, 5.74) is 0.868. The number of nitrogens with one attached hydrogen (secondary N) is 2. The summed E-state index contributed by atoms with van der Waals surface area (Å²) in [5, 5.41) is 3.25. The largest absolute Gasteiger partial charge is 0.363 e. The number of aromatic nitrogens is 1. The van der Waals surface area contributed by atoms with Crippen molar-refractivity contribution in [3.63, 3.8) is 0 Å². The molecule has 0 fully saturated rings. The van der Waals surface area contributed by atoms with Crippen LogP contribution < -0.4 is 5.32 Å². The summed E-state index contributed by atoms with van der Waals surface area (Å²) in [6.45, 7) is 11.1. The Bertz CT molecular complexity index is 520. The highest BCUT2D eigenvalue weighted by atomic mass is 32.2. The third-order valence-electron chi connectivity index (χ3n) is 2.86. The van der Waals surface area contributed by atoms with Gasteiger partial charge in [-0.15, -0.1) is 6.58 Å². The molecule has 1 aromatic heterocycles. The van der Waals surface area contributed by atoms with Crippen molar-refractivity contribution in [2.24, 2.45) is 0 Å². The fraction of sp³-hybridized carbons (Fsp3) is 0.571. The number of sulfonamides is 1. The van der Waals surface area contributed by atoms with Gasteiger partial charge in [0.25, 0.3) is 0 Å². The second-order valence-corrected chi connectivity index (χ2v) is 6.99. The summed E-state index contributed by atoms with van der Waals surface area (Å²) in [5.74, 6) is 0. The average molecular weight is 299 g/mol. The maximum Gasteiger partial charge on any atom is 0.244 e. The van der Waals surface area contributed by atoms with Crippen LogP contribution in [0.25, 0.3) is 0 Å². The number of H-pyrrole nitrogens is 1. The van der Waals surface area contributed by atoms with Crippen LogP contribution in [-0.2, 0) is 16.6 Å². The van der Waals surface area contributed by atoms with Crippen molar-refractivity contribution >= 4 is 10.0 Å². The molecule has 0 bridgehead atoms. The third-order valence-corrected chi connectivity index (χ3v) is 4.70. The zero-order valence-corrected chi connectivity index (χ0v) is 13.3. The Hall–Kier alpha value is -1.11. The van der Waals surface area contributed by atoms with Crippen LogP contribution in [0.4, 0.5) is 0 Å². The molecule has 1 rings (SSSR count). The van der Waals surface area contributed by atoms with Crippen molar-refractivity contribution in [3.8, 4) is 0 Å². The lowest BCUT2D eigenvalue weighted by molar-refractivity contribution is 0.441. The Balaban J connectivity index is 2.88. The van der Waals surface area contributed by atoms with Crippen molar-refractivity contribution in [1.29, 1.82) is 0 Å². The molecule has 0 atom stereocenters. The van der Waals surface area contributed by atoms with Crippen molar-refractivity contribution < 1.29 is 8.42 Å². The molecule has 2 N–H and O–H groups in total. The van der Waals surface area contributed by atoms with Gasteiger partial charge in [-0.2, -0.15) is 4.31 Å². The molecule has 0 amide bonds. The number of rotatable bonds is 9. The average Bonchev–Trinajstić information content (AvgIpc) is 2.85. The highest BCUT2D eigenvalue weighted by Crippen LogP contribution is 2.17. The van der Waals surface area contributed by atoms with Gasteiger partial charge in [0.15, 0.2) is 0 Å². The Kier molecular flexibility index (Phi) is 6.45. The molecule has 0 aliphatic heterocycles. The van der Waals surface area contributed by atoms with Gasteiger partial charge in [0.05, 0.1) is 4.90 Å². The molecule has 0 aromatic carbocycles. The van der Waals surface area contributed by atoms with Gasteiger partial charge in [0.1, 0.15) is 0 Å². The highest BCUT2D eigenvalue weighted by molar-refractivity contribution is 7.89. The van der Waals surface area contributed by atoms with Gasteiger partial charge in [-0.3, -0.25) is 0 Å². The highest BCUT2D eigenvalue weighted by Gasteiger charge is 2.23. The van der Waals surface area contributed by atoms with E-state index in [1.807, 2.05) is 20.8 Å². The van der Waals surface area contributed by atoms with Crippen LogP contribution in [0.2, 0.25) is 0 Å². The van der Waals surface area contributed by atoms with E-state index >= 15 is 0 Å². The SMILES string of the molecule is C=CCN(CCC)S(=O)(=O)c1c[nH]c(CNC(C)C)c1. The maximum absolute atomic E-state index is 12.5. The first-order valence-corrected chi connectivity index (χ1v) is 8.37. The first-order chi connectivity index (χ1) is 9.41. The van der Waals surface area contributed by atoms with Crippen molar-refractivity contribution in [3.05, 3.63) is 30.6 Å². The van der Waals surface area contributed by atoms with Crippen LogP contribution in [0.15, 0.2) is 29.8 Å². The van der Waals surface area contributed by atoms with Crippen LogP contribution in [0.1, 0.15) is 32.9 Å². The van der Waals surface area contributed by atoms with Crippen LogP contribution in [0, 0.1) is 0 Å².